The number of H-pyrrole nitrogens is 1. The molecule has 1 amide bonds. The number of amides is 1. The molecule has 3 aromatic heterocycles. The van der Waals surface area contributed by atoms with Gasteiger partial charge in [0.2, 0.25) is 5.91 Å². The maximum Gasteiger partial charge on any atom is 0.233 e. The second-order valence-corrected chi connectivity index (χ2v) is 8.24. The summed E-state index contributed by atoms with van der Waals surface area (Å²) in [5.74, 6) is -0.0216. The summed E-state index contributed by atoms with van der Waals surface area (Å²) in [6, 6.07) is 8.18. The van der Waals surface area contributed by atoms with Crippen LogP contribution in [0.2, 0.25) is 0 Å². The fraction of sp³-hybridized carbons (Fsp3) is 0.176. The van der Waals surface area contributed by atoms with Crippen LogP contribution < -0.4 is 5.32 Å². The van der Waals surface area contributed by atoms with E-state index >= 15 is 0 Å². The van der Waals surface area contributed by atoms with Crippen LogP contribution in [0.25, 0.3) is 21.1 Å². The summed E-state index contributed by atoms with van der Waals surface area (Å²) in [6.45, 7) is 5.96. The molecule has 2 N–H and O–H groups in total. The lowest BCUT2D eigenvalue weighted by atomic mass is 10.2. The summed E-state index contributed by atoms with van der Waals surface area (Å²) in [4.78, 5) is 22.4. The van der Waals surface area contributed by atoms with Crippen molar-refractivity contribution in [2.75, 3.05) is 6.54 Å². The molecule has 3 aromatic rings. The van der Waals surface area contributed by atoms with E-state index in [0.717, 1.165) is 26.3 Å². The summed E-state index contributed by atoms with van der Waals surface area (Å²) in [6.07, 6.45) is 1.67. The van der Waals surface area contributed by atoms with Crippen molar-refractivity contribution >= 4 is 40.3 Å². The highest BCUT2D eigenvalue weighted by atomic mass is 32.2. The van der Waals surface area contributed by atoms with Gasteiger partial charge in [-0.15, -0.1) is 29.3 Å². The fourth-order valence-corrected chi connectivity index (χ4v) is 4.41. The summed E-state index contributed by atoms with van der Waals surface area (Å²) in [5.41, 5.74) is 1.95. The Bertz CT molecular complexity index is 755. The zero-order chi connectivity index (χ0) is 16.9. The van der Waals surface area contributed by atoms with Crippen molar-refractivity contribution in [3.05, 3.63) is 47.7 Å². The first-order chi connectivity index (χ1) is 11.7. The Morgan fingerprint density at radius 3 is 2.71 bits per heavy atom. The Balaban J connectivity index is 1.86. The first-order valence-electron chi connectivity index (χ1n) is 7.42. The van der Waals surface area contributed by atoms with Crippen molar-refractivity contribution in [3.8, 4) is 21.1 Å². The van der Waals surface area contributed by atoms with E-state index in [9.17, 15) is 4.79 Å². The van der Waals surface area contributed by atoms with Crippen LogP contribution in [0.1, 0.15) is 6.92 Å². The van der Waals surface area contributed by atoms with Gasteiger partial charge in [0, 0.05) is 6.54 Å². The summed E-state index contributed by atoms with van der Waals surface area (Å²) in [7, 11) is 0. The molecule has 3 heterocycles. The molecule has 0 aliphatic rings. The molecule has 1 atom stereocenters. The van der Waals surface area contributed by atoms with Crippen LogP contribution in [0, 0.1) is 0 Å². The molecule has 0 unspecified atom stereocenters. The summed E-state index contributed by atoms with van der Waals surface area (Å²) < 4.78 is 0. The minimum Gasteiger partial charge on any atom is -0.352 e. The average Bonchev–Trinajstić information content (AvgIpc) is 3.31. The highest BCUT2D eigenvalue weighted by molar-refractivity contribution is 8.00. The molecule has 0 fully saturated rings. The van der Waals surface area contributed by atoms with E-state index in [1.807, 2.05) is 29.8 Å². The third-order valence-corrected chi connectivity index (χ3v) is 6.03. The number of rotatable bonds is 7. The van der Waals surface area contributed by atoms with Crippen LogP contribution in [0.5, 0.6) is 0 Å². The van der Waals surface area contributed by atoms with Crippen molar-refractivity contribution in [1.82, 2.24) is 15.3 Å². The Morgan fingerprint density at radius 1 is 1.38 bits per heavy atom. The Labute approximate surface area is 153 Å². The predicted octanol–water partition coefficient (Wildman–Crippen LogP) is 4.65. The van der Waals surface area contributed by atoms with Crippen molar-refractivity contribution < 1.29 is 4.79 Å². The van der Waals surface area contributed by atoms with Crippen LogP contribution in [0.4, 0.5) is 0 Å². The van der Waals surface area contributed by atoms with E-state index in [1.165, 1.54) is 11.8 Å². The number of aromatic amines is 1. The lowest BCUT2D eigenvalue weighted by Gasteiger charge is -2.08. The second kappa shape index (κ2) is 7.83. The van der Waals surface area contributed by atoms with Gasteiger partial charge in [0.25, 0.3) is 0 Å². The normalized spacial score (nSPS) is 12.0. The molecule has 0 saturated carbocycles. The number of nitrogens with zero attached hydrogens (tertiary/aromatic N) is 1. The number of hydrogen-bond donors (Lipinski definition) is 2. The number of aromatic nitrogens is 2. The highest BCUT2D eigenvalue weighted by Gasteiger charge is 2.20. The van der Waals surface area contributed by atoms with Crippen molar-refractivity contribution in [3.63, 3.8) is 0 Å². The van der Waals surface area contributed by atoms with Gasteiger partial charge in [0.15, 0.2) is 5.16 Å². The largest absolute Gasteiger partial charge is 0.352 e. The van der Waals surface area contributed by atoms with Gasteiger partial charge >= 0.3 is 0 Å². The Kier molecular flexibility index (Phi) is 5.55. The summed E-state index contributed by atoms with van der Waals surface area (Å²) >= 11 is 4.76. The maximum absolute atomic E-state index is 12.0. The van der Waals surface area contributed by atoms with Gasteiger partial charge in [-0.25, -0.2) is 4.98 Å². The highest BCUT2D eigenvalue weighted by Crippen LogP contribution is 2.37. The van der Waals surface area contributed by atoms with E-state index in [0.29, 0.717) is 6.54 Å². The number of carbonyl (C=O) groups is 1. The number of carbonyl (C=O) groups excluding carboxylic acids is 1. The number of nitrogens with one attached hydrogen (secondary N) is 2. The first kappa shape index (κ1) is 17.0. The molecule has 24 heavy (non-hydrogen) atoms. The number of thioether (sulfide) groups is 1. The fourth-order valence-electron chi connectivity index (χ4n) is 2.14. The SMILES string of the molecule is C=CCNC(=O)[C@H](C)Sc1nc(-c2cccs2)c(-c2cccs2)[nH]1. The Hall–Kier alpha value is -1.83. The molecular formula is C17H17N3OS3. The zero-order valence-electron chi connectivity index (χ0n) is 13.1. The predicted molar refractivity (Wildman–Crippen MR) is 104 cm³/mol. The van der Waals surface area contributed by atoms with Crippen LogP contribution in [0.3, 0.4) is 0 Å². The molecule has 0 aliphatic carbocycles. The van der Waals surface area contributed by atoms with E-state index < -0.39 is 0 Å². The quantitative estimate of drug-likeness (QED) is 0.467. The second-order valence-electron chi connectivity index (χ2n) is 5.01. The molecule has 0 radical (unpaired) electrons. The van der Waals surface area contributed by atoms with Crippen molar-refractivity contribution in [1.29, 1.82) is 0 Å². The molecule has 0 aromatic carbocycles. The third kappa shape index (κ3) is 3.80. The van der Waals surface area contributed by atoms with Gasteiger partial charge in [0.05, 0.1) is 20.7 Å². The minimum atomic E-state index is -0.233. The van der Waals surface area contributed by atoms with E-state index in [1.54, 1.807) is 28.7 Å². The minimum absolute atomic E-state index is 0.0216. The zero-order valence-corrected chi connectivity index (χ0v) is 15.6. The maximum atomic E-state index is 12.0. The van der Waals surface area contributed by atoms with Gasteiger partial charge in [-0.05, 0) is 29.8 Å². The molecule has 124 valence electrons. The van der Waals surface area contributed by atoms with Gasteiger partial charge in [-0.3, -0.25) is 4.79 Å². The Morgan fingerprint density at radius 2 is 2.08 bits per heavy atom. The standard InChI is InChI=1S/C17H17N3OS3/c1-3-8-18-16(21)11(2)24-17-19-14(12-6-4-9-22-12)15(20-17)13-7-5-10-23-13/h3-7,9-11H,1,8H2,2H3,(H,18,21)(H,19,20)/t11-/m0/s1. The van der Waals surface area contributed by atoms with Crippen LogP contribution in [0.15, 0.2) is 52.8 Å². The molecule has 0 saturated heterocycles. The monoisotopic (exact) mass is 375 g/mol. The van der Waals surface area contributed by atoms with Gasteiger partial charge in [-0.1, -0.05) is 30.0 Å². The van der Waals surface area contributed by atoms with E-state index in [4.69, 9.17) is 4.98 Å². The smallest absolute Gasteiger partial charge is 0.233 e. The van der Waals surface area contributed by atoms with Crippen molar-refractivity contribution in [2.45, 2.75) is 17.3 Å². The molecular weight excluding hydrogens is 358 g/mol. The van der Waals surface area contributed by atoms with Crippen molar-refractivity contribution in [2.24, 2.45) is 0 Å². The molecule has 0 bridgehead atoms. The van der Waals surface area contributed by atoms with Crippen LogP contribution >= 0.6 is 34.4 Å². The van der Waals surface area contributed by atoms with Crippen LogP contribution in [-0.4, -0.2) is 27.7 Å². The first-order valence-corrected chi connectivity index (χ1v) is 10.1. The van der Waals surface area contributed by atoms with E-state index in [-0.39, 0.29) is 11.2 Å². The average molecular weight is 376 g/mol. The number of thiophene rings is 2. The molecule has 7 heteroatoms. The molecule has 3 rings (SSSR count). The molecule has 0 spiro atoms. The lowest BCUT2D eigenvalue weighted by molar-refractivity contribution is -0.120. The van der Waals surface area contributed by atoms with Gasteiger partial charge < -0.3 is 10.3 Å². The lowest BCUT2D eigenvalue weighted by Crippen LogP contribution is -2.30. The van der Waals surface area contributed by atoms with E-state index in [2.05, 4.69) is 29.0 Å². The van der Waals surface area contributed by atoms with Gasteiger partial charge in [0.1, 0.15) is 5.69 Å². The molecule has 0 aliphatic heterocycles. The molecule has 4 nitrogen and oxygen atoms in total. The van der Waals surface area contributed by atoms with Gasteiger partial charge in [-0.2, -0.15) is 0 Å². The van der Waals surface area contributed by atoms with Crippen LogP contribution in [-0.2, 0) is 4.79 Å². The number of imidazole rings is 1. The third-order valence-electron chi connectivity index (χ3n) is 3.28. The summed E-state index contributed by atoms with van der Waals surface area (Å²) in [5, 5.41) is 7.42. The number of hydrogen-bond acceptors (Lipinski definition) is 5. The topological polar surface area (TPSA) is 57.8 Å².